The lowest BCUT2D eigenvalue weighted by atomic mass is 9.96. The Bertz CT molecular complexity index is 458. The Kier molecular flexibility index (Phi) is 4.16. The van der Waals surface area contributed by atoms with Crippen molar-refractivity contribution in [3.05, 3.63) is 16.5 Å². The van der Waals surface area contributed by atoms with E-state index >= 15 is 0 Å². The highest BCUT2D eigenvalue weighted by molar-refractivity contribution is 9.10. The number of aliphatic hydroxyl groups is 1. The van der Waals surface area contributed by atoms with E-state index in [1.54, 1.807) is 0 Å². The molecule has 0 aromatic carbocycles. The third-order valence-electron chi connectivity index (χ3n) is 3.72. The largest absolute Gasteiger partial charge is 0.394 e. The summed E-state index contributed by atoms with van der Waals surface area (Å²) in [5.41, 5.74) is -0.0847. The molecule has 5 heteroatoms. The van der Waals surface area contributed by atoms with E-state index < -0.39 is 0 Å². The Hall–Kier alpha value is -0.680. The van der Waals surface area contributed by atoms with Crippen LogP contribution in [0.1, 0.15) is 39.9 Å². The number of rotatable bonds is 2. The van der Waals surface area contributed by atoms with Crippen LogP contribution in [0.4, 0.5) is 5.82 Å². The molecule has 0 radical (unpaired) electrons. The molecule has 2 atom stereocenters. The summed E-state index contributed by atoms with van der Waals surface area (Å²) in [7, 11) is 0. The quantitative estimate of drug-likeness (QED) is 0.848. The number of halogens is 1. The monoisotopic (exact) mass is 327 g/mol. The van der Waals surface area contributed by atoms with Crippen molar-refractivity contribution in [3.8, 4) is 0 Å². The second kappa shape index (κ2) is 5.37. The van der Waals surface area contributed by atoms with Crippen LogP contribution in [0.2, 0.25) is 0 Å². The number of nitrogens with zero attached hydrogens (tertiary/aromatic N) is 3. The zero-order chi connectivity index (χ0) is 14.2. The van der Waals surface area contributed by atoms with Gasteiger partial charge in [0.15, 0.2) is 0 Å². The predicted molar refractivity (Wildman–Crippen MR) is 80.4 cm³/mol. The van der Waals surface area contributed by atoms with Gasteiger partial charge in [-0.1, -0.05) is 27.7 Å². The van der Waals surface area contributed by atoms with Gasteiger partial charge in [-0.15, -0.1) is 0 Å². The van der Waals surface area contributed by atoms with Crippen LogP contribution in [-0.2, 0) is 5.41 Å². The van der Waals surface area contributed by atoms with Crippen molar-refractivity contribution < 1.29 is 5.11 Å². The second-order valence-electron chi connectivity index (χ2n) is 6.33. The average Bonchev–Trinajstić information content (AvgIpc) is 2.68. The Morgan fingerprint density at radius 1 is 1.42 bits per heavy atom. The van der Waals surface area contributed by atoms with Gasteiger partial charge in [0.2, 0.25) is 0 Å². The number of aromatic nitrogens is 2. The van der Waals surface area contributed by atoms with Crippen LogP contribution in [-0.4, -0.2) is 34.3 Å². The van der Waals surface area contributed by atoms with Crippen LogP contribution in [0.5, 0.6) is 0 Å². The molecule has 0 bridgehead atoms. The molecule has 1 aromatic heterocycles. The maximum absolute atomic E-state index is 9.57. The Morgan fingerprint density at radius 2 is 2.11 bits per heavy atom. The van der Waals surface area contributed by atoms with Crippen molar-refractivity contribution in [2.45, 2.75) is 45.6 Å². The molecule has 2 heterocycles. The number of hydrogen-bond acceptors (Lipinski definition) is 4. The van der Waals surface area contributed by atoms with E-state index in [1.165, 1.54) is 0 Å². The van der Waals surface area contributed by atoms with Crippen LogP contribution in [0.25, 0.3) is 0 Å². The fraction of sp³-hybridized carbons (Fsp3) is 0.714. The van der Waals surface area contributed by atoms with Crippen molar-refractivity contribution >= 4 is 21.7 Å². The van der Waals surface area contributed by atoms with Crippen LogP contribution < -0.4 is 4.90 Å². The molecule has 106 valence electrons. The molecule has 1 N–H and O–H groups in total. The molecular weight excluding hydrogens is 306 g/mol. The molecule has 0 spiro atoms. The van der Waals surface area contributed by atoms with Gasteiger partial charge in [-0.3, -0.25) is 0 Å². The maximum Gasteiger partial charge on any atom is 0.137 e. The number of anilines is 1. The maximum atomic E-state index is 9.57. The number of aliphatic hydroxyl groups excluding tert-OH is 1. The summed E-state index contributed by atoms with van der Waals surface area (Å²) >= 11 is 3.47. The summed E-state index contributed by atoms with van der Waals surface area (Å²) in [6.07, 6.45) is 1.09. The minimum atomic E-state index is -0.0847. The van der Waals surface area contributed by atoms with Gasteiger partial charge in [0.1, 0.15) is 16.2 Å². The Labute approximate surface area is 123 Å². The highest BCUT2D eigenvalue weighted by atomic mass is 79.9. The first kappa shape index (κ1) is 14.7. The first-order chi connectivity index (χ1) is 8.82. The Balaban J connectivity index is 2.37. The van der Waals surface area contributed by atoms with Gasteiger partial charge in [0, 0.05) is 18.0 Å². The third kappa shape index (κ3) is 3.08. The summed E-state index contributed by atoms with van der Waals surface area (Å²) in [5, 5.41) is 9.57. The molecule has 2 rings (SSSR count). The van der Waals surface area contributed by atoms with Crippen molar-refractivity contribution in [2.75, 3.05) is 18.1 Å². The molecule has 1 aliphatic heterocycles. The standard InChI is InChI=1S/C14H22BrN3O/c1-9-5-6-18(10(9)8-19)12-7-11(15)16-13(17-12)14(2,3)4/h7,9-10,19H,5-6,8H2,1-4H3. The first-order valence-electron chi connectivity index (χ1n) is 6.75. The van der Waals surface area contributed by atoms with Crippen molar-refractivity contribution in [1.29, 1.82) is 0 Å². The summed E-state index contributed by atoms with van der Waals surface area (Å²) in [5.74, 6) is 2.24. The van der Waals surface area contributed by atoms with Crippen LogP contribution >= 0.6 is 15.9 Å². The van der Waals surface area contributed by atoms with Gasteiger partial charge >= 0.3 is 0 Å². The SMILES string of the molecule is CC1CCN(c2cc(Br)nc(C(C)(C)C)n2)C1CO. The molecule has 0 amide bonds. The molecule has 0 saturated carbocycles. The van der Waals surface area contributed by atoms with E-state index in [1.807, 2.05) is 6.07 Å². The van der Waals surface area contributed by atoms with Gasteiger partial charge in [-0.2, -0.15) is 0 Å². The molecule has 1 aromatic rings. The van der Waals surface area contributed by atoms with Gasteiger partial charge < -0.3 is 10.0 Å². The molecule has 1 saturated heterocycles. The summed E-state index contributed by atoms with van der Waals surface area (Å²) in [6, 6.07) is 2.10. The predicted octanol–water partition coefficient (Wildman–Crippen LogP) is 2.74. The van der Waals surface area contributed by atoms with E-state index in [0.29, 0.717) is 5.92 Å². The van der Waals surface area contributed by atoms with Crippen molar-refractivity contribution in [3.63, 3.8) is 0 Å². The molecule has 1 fully saturated rings. The van der Waals surface area contributed by atoms with E-state index in [0.717, 1.165) is 29.2 Å². The van der Waals surface area contributed by atoms with E-state index in [2.05, 4.69) is 53.5 Å². The molecule has 1 aliphatic rings. The molecule has 2 unspecified atom stereocenters. The van der Waals surface area contributed by atoms with Crippen LogP contribution in [0.15, 0.2) is 10.7 Å². The lowest BCUT2D eigenvalue weighted by Crippen LogP contribution is -2.36. The fourth-order valence-corrected chi connectivity index (χ4v) is 2.83. The van der Waals surface area contributed by atoms with Gasteiger partial charge in [-0.25, -0.2) is 9.97 Å². The first-order valence-corrected chi connectivity index (χ1v) is 7.55. The summed E-state index contributed by atoms with van der Waals surface area (Å²) < 4.78 is 0.804. The zero-order valence-corrected chi connectivity index (χ0v) is 13.6. The van der Waals surface area contributed by atoms with Crippen LogP contribution in [0, 0.1) is 5.92 Å². The molecule has 4 nitrogen and oxygen atoms in total. The highest BCUT2D eigenvalue weighted by Gasteiger charge is 2.32. The summed E-state index contributed by atoms with van der Waals surface area (Å²) in [6.45, 7) is 9.62. The second-order valence-corrected chi connectivity index (χ2v) is 7.14. The Morgan fingerprint density at radius 3 is 2.68 bits per heavy atom. The fourth-order valence-electron chi connectivity index (χ4n) is 2.46. The smallest absolute Gasteiger partial charge is 0.137 e. The van der Waals surface area contributed by atoms with Crippen LogP contribution in [0.3, 0.4) is 0 Å². The lowest BCUT2D eigenvalue weighted by molar-refractivity contribution is 0.244. The molecule has 0 aliphatic carbocycles. The van der Waals surface area contributed by atoms with Crippen molar-refractivity contribution in [1.82, 2.24) is 9.97 Å². The minimum Gasteiger partial charge on any atom is -0.394 e. The number of hydrogen-bond donors (Lipinski definition) is 1. The molecule has 19 heavy (non-hydrogen) atoms. The summed E-state index contributed by atoms with van der Waals surface area (Å²) in [4.78, 5) is 11.4. The van der Waals surface area contributed by atoms with E-state index in [4.69, 9.17) is 4.98 Å². The van der Waals surface area contributed by atoms with Gasteiger partial charge in [-0.05, 0) is 28.3 Å². The third-order valence-corrected chi connectivity index (χ3v) is 4.12. The lowest BCUT2D eigenvalue weighted by Gasteiger charge is -2.28. The average molecular weight is 328 g/mol. The van der Waals surface area contributed by atoms with Gasteiger partial charge in [0.25, 0.3) is 0 Å². The van der Waals surface area contributed by atoms with E-state index in [9.17, 15) is 5.11 Å². The minimum absolute atomic E-state index is 0.0847. The zero-order valence-electron chi connectivity index (χ0n) is 12.0. The van der Waals surface area contributed by atoms with Gasteiger partial charge in [0.05, 0.1) is 12.6 Å². The van der Waals surface area contributed by atoms with E-state index in [-0.39, 0.29) is 18.1 Å². The topological polar surface area (TPSA) is 49.2 Å². The normalized spacial score (nSPS) is 24.0. The molecular formula is C14H22BrN3O. The highest BCUT2D eigenvalue weighted by Crippen LogP contribution is 2.31. The van der Waals surface area contributed by atoms with Crippen molar-refractivity contribution in [2.24, 2.45) is 5.92 Å².